The Morgan fingerprint density at radius 2 is 1.93 bits per heavy atom. The number of carbonyl (C=O) groups is 3. The number of nitrogens with zero attached hydrogens (tertiary/aromatic N) is 1. The number of amides is 3. The maximum absolute atomic E-state index is 12.4. The van der Waals surface area contributed by atoms with Crippen molar-refractivity contribution >= 4 is 40.9 Å². The minimum Gasteiger partial charge on any atom is -0.366 e. The van der Waals surface area contributed by atoms with E-state index in [2.05, 4.69) is 22.5 Å². The molecule has 0 bridgehead atoms. The molecule has 1 aliphatic rings. The lowest BCUT2D eigenvalue weighted by Gasteiger charge is -2.28. The standard InChI is InChI=1S/C19H20Cl2N4O3/c20-16-5-2-13(11-17(16)21)1-3-14(12-15(26)4-6-18(22)27)24-19(28)25-9-7-23-8-10-25/h2,4-6,11,14,23H,7-10,12H2,(H2,22,27)(H,24,28)/b6-4+. The number of rotatable bonds is 5. The van der Waals surface area contributed by atoms with Gasteiger partial charge in [-0.3, -0.25) is 9.59 Å². The minimum atomic E-state index is -0.748. The molecule has 28 heavy (non-hydrogen) atoms. The van der Waals surface area contributed by atoms with E-state index in [-0.39, 0.29) is 18.2 Å². The number of ketones is 1. The second-order valence-electron chi connectivity index (χ2n) is 6.04. The normalized spacial score (nSPS) is 14.9. The Hall–Kier alpha value is -2.53. The summed E-state index contributed by atoms with van der Waals surface area (Å²) < 4.78 is 0. The Balaban J connectivity index is 2.13. The fraction of sp³-hybridized carbons (Fsp3) is 0.316. The number of primary amides is 1. The molecule has 9 heteroatoms. The largest absolute Gasteiger partial charge is 0.366 e. The van der Waals surface area contributed by atoms with E-state index in [1.54, 1.807) is 23.1 Å². The molecule has 0 spiro atoms. The first-order valence-electron chi connectivity index (χ1n) is 8.58. The van der Waals surface area contributed by atoms with Gasteiger partial charge < -0.3 is 21.3 Å². The van der Waals surface area contributed by atoms with Crippen molar-refractivity contribution in [3.8, 4) is 11.8 Å². The van der Waals surface area contributed by atoms with Crippen LogP contribution in [0.25, 0.3) is 0 Å². The van der Waals surface area contributed by atoms with Gasteiger partial charge in [0.2, 0.25) is 5.91 Å². The van der Waals surface area contributed by atoms with Crippen LogP contribution in [0.3, 0.4) is 0 Å². The lowest BCUT2D eigenvalue weighted by atomic mass is 10.1. The molecule has 0 radical (unpaired) electrons. The van der Waals surface area contributed by atoms with Crippen molar-refractivity contribution in [3.05, 3.63) is 46.0 Å². The average molecular weight is 423 g/mol. The van der Waals surface area contributed by atoms with Crippen molar-refractivity contribution in [2.75, 3.05) is 26.2 Å². The fourth-order valence-electron chi connectivity index (χ4n) is 2.44. The molecule has 3 amide bonds. The van der Waals surface area contributed by atoms with E-state index >= 15 is 0 Å². The molecule has 0 aromatic heterocycles. The maximum atomic E-state index is 12.4. The molecular formula is C19H20Cl2N4O3. The molecule has 1 heterocycles. The van der Waals surface area contributed by atoms with Crippen molar-refractivity contribution in [1.29, 1.82) is 0 Å². The SMILES string of the molecule is NC(=O)/C=C/C(=O)CC(C#Cc1ccc(Cl)c(Cl)c1)NC(=O)N1CCNCC1. The van der Waals surface area contributed by atoms with Crippen molar-refractivity contribution in [1.82, 2.24) is 15.5 Å². The third-order valence-electron chi connectivity index (χ3n) is 3.85. The lowest BCUT2D eigenvalue weighted by molar-refractivity contribution is -0.116. The number of piperazine rings is 1. The van der Waals surface area contributed by atoms with Crippen LogP contribution in [-0.4, -0.2) is 54.8 Å². The Morgan fingerprint density at radius 1 is 1.21 bits per heavy atom. The van der Waals surface area contributed by atoms with Gasteiger partial charge in [-0.05, 0) is 24.3 Å². The van der Waals surface area contributed by atoms with Crippen LogP contribution in [0.5, 0.6) is 0 Å². The quantitative estimate of drug-likeness (QED) is 0.491. The highest BCUT2D eigenvalue weighted by Gasteiger charge is 2.20. The number of carbonyl (C=O) groups excluding carboxylic acids is 3. The lowest BCUT2D eigenvalue weighted by Crippen LogP contribution is -2.52. The average Bonchev–Trinajstić information content (AvgIpc) is 2.67. The topological polar surface area (TPSA) is 105 Å². The van der Waals surface area contributed by atoms with Gasteiger partial charge in [0.25, 0.3) is 0 Å². The maximum Gasteiger partial charge on any atom is 0.318 e. The van der Waals surface area contributed by atoms with E-state index in [1.165, 1.54) is 0 Å². The first kappa shape index (κ1) is 21.8. The third kappa shape index (κ3) is 7.24. The smallest absolute Gasteiger partial charge is 0.318 e. The van der Waals surface area contributed by atoms with Gasteiger partial charge in [-0.1, -0.05) is 35.0 Å². The number of halogens is 2. The highest BCUT2D eigenvalue weighted by Crippen LogP contribution is 2.22. The fourth-order valence-corrected chi connectivity index (χ4v) is 2.73. The summed E-state index contributed by atoms with van der Waals surface area (Å²) in [5.41, 5.74) is 5.59. The third-order valence-corrected chi connectivity index (χ3v) is 4.59. The van der Waals surface area contributed by atoms with Crippen molar-refractivity contribution < 1.29 is 14.4 Å². The number of benzene rings is 1. The summed E-state index contributed by atoms with van der Waals surface area (Å²) >= 11 is 11.9. The van der Waals surface area contributed by atoms with Gasteiger partial charge in [0.15, 0.2) is 5.78 Å². The van der Waals surface area contributed by atoms with E-state index in [4.69, 9.17) is 28.9 Å². The number of nitrogens with one attached hydrogen (secondary N) is 2. The van der Waals surface area contributed by atoms with Crippen LogP contribution in [0.15, 0.2) is 30.4 Å². The number of urea groups is 1. The van der Waals surface area contributed by atoms with Gasteiger partial charge in [0.1, 0.15) is 0 Å². The van der Waals surface area contributed by atoms with E-state index in [0.29, 0.717) is 41.8 Å². The van der Waals surface area contributed by atoms with Crippen molar-refractivity contribution in [2.45, 2.75) is 12.5 Å². The van der Waals surface area contributed by atoms with Gasteiger partial charge in [-0.15, -0.1) is 0 Å². The van der Waals surface area contributed by atoms with Crippen LogP contribution in [0.1, 0.15) is 12.0 Å². The second-order valence-corrected chi connectivity index (χ2v) is 6.86. The van der Waals surface area contributed by atoms with Crippen molar-refractivity contribution in [2.24, 2.45) is 5.73 Å². The van der Waals surface area contributed by atoms with Crippen molar-refractivity contribution in [3.63, 3.8) is 0 Å². The molecule has 148 valence electrons. The molecule has 2 rings (SSSR count). The molecule has 1 aromatic carbocycles. The van der Waals surface area contributed by atoms with E-state index < -0.39 is 11.9 Å². The summed E-state index contributed by atoms with van der Waals surface area (Å²) in [6.45, 7) is 2.53. The molecule has 4 N–H and O–H groups in total. The first-order valence-corrected chi connectivity index (χ1v) is 9.34. The van der Waals surface area contributed by atoms with Gasteiger partial charge in [-0.2, -0.15) is 0 Å². The predicted molar refractivity (Wildman–Crippen MR) is 108 cm³/mol. The minimum absolute atomic E-state index is 0.101. The number of nitrogens with two attached hydrogens (primary N) is 1. The van der Waals surface area contributed by atoms with Crippen LogP contribution in [0, 0.1) is 11.8 Å². The van der Waals surface area contributed by atoms with Crippen LogP contribution in [-0.2, 0) is 9.59 Å². The van der Waals surface area contributed by atoms with Gasteiger partial charge in [-0.25, -0.2) is 4.79 Å². The number of hydrogen-bond donors (Lipinski definition) is 3. The molecule has 1 saturated heterocycles. The molecule has 1 aliphatic heterocycles. The summed E-state index contributed by atoms with van der Waals surface area (Å²) in [4.78, 5) is 36.9. The highest BCUT2D eigenvalue weighted by atomic mass is 35.5. The van der Waals surface area contributed by atoms with Crippen LogP contribution in [0.4, 0.5) is 4.79 Å². The Morgan fingerprint density at radius 3 is 2.57 bits per heavy atom. The molecule has 1 atom stereocenters. The molecule has 1 aromatic rings. The highest BCUT2D eigenvalue weighted by molar-refractivity contribution is 6.42. The molecule has 7 nitrogen and oxygen atoms in total. The van der Waals surface area contributed by atoms with Crippen LogP contribution < -0.4 is 16.4 Å². The summed E-state index contributed by atoms with van der Waals surface area (Å²) in [5, 5.41) is 6.68. The molecular weight excluding hydrogens is 403 g/mol. The van der Waals surface area contributed by atoms with E-state index in [9.17, 15) is 14.4 Å². The second kappa shape index (κ2) is 10.7. The molecule has 0 aliphatic carbocycles. The summed E-state index contributed by atoms with van der Waals surface area (Å²) in [5.74, 6) is 4.65. The van der Waals surface area contributed by atoms with Gasteiger partial charge in [0, 0.05) is 44.2 Å². The van der Waals surface area contributed by atoms with Gasteiger partial charge in [0.05, 0.1) is 16.1 Å². The zero-order chi connectivity index (χ0) is 20.5. The summed E-state index contributed by atoms with van der Waals surface area (Å²) in [6, 6.07) is 3.85. The zero-order valence-electron chi connectivity index (χ0n) is 15.0. The van der Waals surface area contributed by atoms with E-state index in [0.717, 1.165) is 12.2 Å². The summed E-state index contributed by atoms with van der Waals surface area (Å²) in [6.07, 6.45) is 1.95. The predicted octanol–water partition coefficient (Wildman–Crippen LogP) is 1.33. The Labute approximate surface area is 173 Å². The number of hydrogen-bond acceptors (Lipinski definition) is 4. The Bertz CT molecular complexity index is 839. The van der Waals surface area contributed by atoms with Crippen LogP contribution in [0.2, 0.25) is 10.0 Å². The zero-order valence-corrected chi connectivity index (χ0v) is 16.5. The van der Waals surface area contributed by atoms with Crippen LogP contribution >= 0.6 is 23.2 Å². The molecule has 0 saturated carbocycles. The number of allylic oxidation sites excluding steroid dienone is 1. The Kier molecular flexibility index (Phi) is 8.33. The monoisotopic (exact) mass is 422 g/mol. The molecule has 1 unspecified atom stereocenters. The summed E-state index contributed by atoms with van der Waals surface area (Å²) in [7, 11) is 0. The molecule has 1 fully saturated rings. The first-order chi connectivity index (χ1) is 13.3. The van der Waals surface area contributed by atoms with E-state index in [1.807, 2.05) is 0 Å². The van der Waals surface area contributed by atoms with Gasteiger partial charge >= 0.3 is 6.03 Å².